The molecule has 0 spiro atoms. The van der Waals surface area contributed by atoms with Crippen LogP contribution in [0.4, 0.5) is 0 Å². The monoisotopic (exact) mass is 306 g/mol. The second kappa shape index (κ2) is 4.23. The Morgan fingerprint density at radius 2 is 2.24 bits per heavy atom. The van der Waals surface area contributed by atoms with Gasteiger partial charge in [0.05, 0.1) is 11.0 Å². The van der Waals surface area contributed by atoms with Crippen molar-refractivity contribution in [1.82, 2.24) is 9.97 Å². The predicted molar refractivity (Wildman–Crippen MR) is 74.4 cm³/mol. The number of nitrogens with one attached hydrogen (secondary N) is 1. The molecule has 0 amide bonds. The molecule has 1 heterocycles. The zero-order chi connectivity index (χ0) is 12.0. The van der Waals surface area contributed by atoms with E-state index in [0.717, 1.165) is 28.4 Å². The van der Waals surface area contributed by atoms with Crippen LogP contribution in [0.25, 0.3) is 11.0 Å². The Labute approximate surface area is 118 Å². The van der Waals surface area contributed by atoms with Gasteiger partial charge in [0.15, 0.2) is 5.16 Å². The first-order chi connectivity index (χ1) is 8.04. The highest BCUT2D eigenvalue weighted by Crippen LogP contribution is 2.54. The van der Waals surface area contributed by atoms with Crippen molar-refractivity contribution >= 4 is 57.6 Å². The molecular formula is C11H9Cl3N2S. The number of imidazole rings is 1. The summed E-state index contributed by atoms with van der Waals surface area (Å²) in [5, 5.41) is 1.60. The molecular weight excluding hydrogens is 299 g/mol. The maximum Gasteiger partial charge on any atom is 0.166 e. The summed E-state index contributed by atoms with van der Waals surface area (Å²) in [4.78, 5) is 7.69. The summed E-state index contributed by atoms with van der Waals surface area (Å²) in [7, 11) is 0. The number of aromatic nitrogens is 2. The average molecular weight is 308 g/mol. The summed E-state index contributed by atoms with van der Waals surface area (Å²) in [5.41, 5.74) is 1.88. The Hall–Kier alpha value is -0.0900. The molecule has 3 rings (SSSR count). The highest BCUT2D eigenvalue weighted by Gasteiger charge is 2.51. The molecule has 1 aromatic heterocycles. The molecule has 0 bridgehead atoms. The van der Waals surface area contributed by atoms with Gasteiger partial charge in [0, 0.05) is 16.7 Å². The maximum absolute atomic E-state index is 5.98. The lowest BCUT2D eigenvalue weighted by molar-refractivity contribution is 0.968. The van der Waals surface area contributed by atoms with Crippen molar-refractivity contribution in [2.75, 3.05) is 5.75 Å². The molecule has 2 aromatic rings. The first kappa shape index (κ1) is 12.0. The molecule has 1 fully saturated rings. The number of halogens is 3. The van der Waals surface area contributed by atoms with Gasteiger partial charge in [-0.05, 0) is 24.6 Å². The first-order valence-corrected chi connectivity index (χ1v) is 7.32. The zero-order valence-electron chi connectivity index (χ0n) is 8.71. The largest absolute Gasteiger partial charge is 0.333 e. The molecule has 1 aromatic carbocycles. The molecule has 6 heteroatoms. The number of nitrogens with zero attached hydrogens (tertiary/aromatic N) is 1. The lowest BCUT2D eigenvalue weighted by Crippen LogP contribution is -1.93. The fourth-order valence-electron chi connectivity index (χ4n) is 1.66. The summed E-state index contributed by atoms with van der Waals surface area (Å²) < 4.78 is -0.512. The van der Waals surface area contributed by atoms with Crippen LogP contribution < -0.4 is 0 Å². The summed E-state index contributed by atoms with van der Waals surface area (Å²) in [6.45, 7) is 0. The van der Waals surface area contributed by atoms with Crippen molar-refractivity contribution in [2.24, 2.45) is 5.92 Å². The molecule has 0 radical (unpaired) electrons. The number of aromatic amines is 1. The van der Waals surface area contributed by atoms with E-state index in [4.69, 9.17) is 34.8 Å². The second-order valence-electron chi connectivity index (χ2n) is 4.18. The molecule has 1 atom stereocenters. The van der Waals surface area contributed by atoms with Crippen LogP contribution in [0, 0.1) is 5.92 Å². The van der Waals surface area contributed by atoms with Gasteiger partial charge in [-0.3, -0.25) is 0 Å². The zero-order valence-corrected chi connectivity index (χ0v) is 11.8. The Balaban J connectivity index is 1.73. The van der Waals surface area contributed by atoms with Gasteiger partial charge in [-0.2, -0.15) is 0 Å². The third-order valence-electron chi connectivity index (χ3n) is 2.80. The number of H-pyrrole nitrogens is 1. The van der Waals surface area contributed by atoms with Gasteiger partial charge in [-0.15, -0.1) is 23.2 Å². The van der Waals surface area contributed by atoms with E-state index in [0.29, 0.717) is 10.9 Å². The number of rotatable bonds is 3. The average Bonchev–Trinajstić information content (AvgIpc) is 2.71. The molecule has 1 aliphatic rings. The second-order valence-corrected chi connectivity index (χ2v) is 7.16. The molecule has 1 saturated carbocycles. The Bertz CT molecular complexity index is 567. The van der Waals surface area contributed by atoms with E-state index in [9.17, 15) is 0 Å². The van der Waals surface area contributed by atoms with E-state index in [-0.39, 0.29) is 0 Å². The Kier molecular flexibility index (Phi) is 2.98. The number of benzene rings is 1. The third kappa shape index (κ3) is 2.53. The number of fused-ring (bicyclic) bond motifs is 1. The quantitative estimate of drug-likeness (QED) is 0.668. The SMILES string of the molecule is Clc1ccc2nc(SCC3CC3(Cl)Cl)[nH]c2c1. The van der Waals surface area contributed by atoms with Crippen LogP contribution in [-0.2, 0) is 0 Å². The summed E-state index contributed by atoms with van der Waals surface area (Å²) in [6, 6.07) is 5.61. The number of hydrogen-bond acceptors (Lipinski definition) is 2. The predicted octanol–water partition coefficient (Wildman–Crippen LogP) is 4.50. The van der Waals surface area contributed by atoms with E-state index in [1.807, 2.05) is 18.2 Å². The van der Waals surface area contributed by atoms with E-state index in [1.165, 1.54) is 0 Å². The minimum absolute atomic E-state index is 0.368. The van der Waals surface area contributed by atoms with Crippen LogP contribution in [0.15, 0.2) is 23.4 Å². The highest BCUT2D eigenvalue weighted by molar-refractivity contribution is 7.99. The molecule has 17 heavy (non-hydrogen) atoms. The van der Waals surface area contributed by atoms with Crippen molar-refractivity contribution < 1.29 is 0 Å². The van der Waals surface area contributed by atoms with Gasteiger partial charge >= 0.3 is 0 Å². The van der Waals surface area contributed by atoms with Gasteiger partial charge in [-0.1, -0.05) is 23.4 Å². The fourth-order valence-corrected chi connectivity index (χ4v) is 3.65. The van der Waals surface area contributed by atoms with Crippen molar-refractivity contribution in [3.8, 4) is 0 Å². The summed E-state index contributed by atoms with van der Waals surface area (Å²) in [6.07, 6.45) is 0.870. The van der Waals surface area contributed by atoms with Crippen molar-refractivity contribution in [3.05, 3.63) is 23.2 Å². The van der Waals surface area contributed by atoms with E-state index < -0.39 is 4.33 Å². The molecule has 2 nitrogen and oxygen atoms in total. The third-order valence-corrected chi connectivity index (χ3v) is 5.00. The minimum atomic E-state index is -0.512. The Morgan fingerprint density at radius 1 is 1.47 bits per heavy atom. The summed E-state index contributed by atoms with van der Waals surface area (Å²) in [5.74, 6) is 1.26. The minimum Gasteiger partial charge on any atom is -0.333 e. The van der Waals surface area contributed by atoms with E-state index >= 15 is 0 Å². The van der Waals surface area contributed by atoms with Gasteiger partial charge in [-0.25, -0.2) is 4.98 Å². The van der Waals surface area contributed by atoms with Crippen molar-refractivity contribution in [3.63, 3.8) is 0 Å². The van der Waals surface area contributed by atoms with Crippen molar-refractivity contribution in [2.45, 2.75) is 15.9 Å². The van der Waals surface area contributed by atoms with Gasteiger partial charge in [0.25, 0.3) is 0 Å². The van der Waals surface area contributed by atoms with E-state index in [1.54, 1.807) is 11.8 Å². The number of alkyl halides is 2. The fraction of sp³-hybridized carbons (Fsp3) is 0.364. The Morgan fingerprint density at radius 3 is 2.94 bits per heavy atom. The standard InChI is InChI=1S/C11H9Cl3N2S/c12-7-1-2-8-9(3-7)16-10(15-8)17-5-6-4-11(6,13)14/h1-3,6H,4-5H2,(H,15,16). The number of thioether (sulfide) groups is 1. The normalized spacial score (nSPS) is 21.9. The molecule has 1 unspecified atom stereocenters. The van der Waals surface area contributed by atoms with Crippen LogP contribution >= 0.6 is 46.6 Å². The molecule has 0 saturated heterocycles. The van der Waals surface area contributed by atoms with Crippen LogP contribution in [-0.4, -0.2) is 20.1 Å². The van der Waals surface area contributed by atoms with Crippen LogP contribution in [0.3, 0.4) is 0 Å². The summed E-state index contributed by atoms with van der Waals surface area (Å²) >= 11 is 19.5. The van der Waals surface area contributed by atoms with Gasteiger partial charge < -0.3 is 4.98 Å². The molecule has 90 valence electrons. The first-order valence-electron chi connectivity index (χ1n) is 5.20. The molecule has 1 aliphatic carbocycles. The van der Waals surface area contributed by atoms with E-state index in [2.05, 4.69) is 9.97 Å². The smallest absolute Gasteiger partial charge is 0.166 e. The molecule has 1 N–H and O–H groups in total. The lowest BCUT2D eigenvalue weighted by Gasteiger charge is -1.97. The van der Waals surface area contributed by atoms with Crippen LogP contribution in [0.5, 0.6) is 0 Å². The maximum atomic E-state index is 5.98. The molecule has 0 aliphatic heterocycles. The van der Waals surface area contributed by atoms with Gasteiger partial charge in [0.1, 0.15) is 4.33 Å². The van der Waals surface area contributed by atoms with Gasteiger partial charge in [0.2, 0.25) is 0 Å². The van der Waals surface area contributed by atoms with Crippen molar-refractivity contribution in [1.29, 1.82) is 0 Å². The topological polar surface area (TPSA) is 28.7 Å². The van der Waals surface area contributed by atoms with Crippen LogP contribution in [0.2, 0.25) is 5.02 Å². The van der Waals surface area contributed by atoms with Crippen LogP contribution in [0.1, 0.15) is 6.42 Å². The number of hydrogen-bond donors (Lipinski definition) is 1. The highest BCUT2D eigenvalue weighted by atomic mass is 35.5. The lowest BCUT2D eigenvalue weighted by atomic mass is 10.3.